The Hall–Kier alpha value is -1.47. The summed E-state index contributed by atoms with van der Waals surface area (Å²) in [5, 5.41) is 12.9. The number of hydrogen-bond acceptors (Lipinski definition) is 5. The van der Waals surface area contributed by atoms with Gasteiger partial charge in [-0.25, -0.2) is 14.5 Å². The van der Waals surface area contributed by atoms with Crippen molar-refractivity contribution in [1.29, 1.82) is 0 Å². The quantitative estimate of drug-likeness (QED) is 0.808. The van der Waals surface area contributed by atoms with Crippen molar-refractivity contribution < 1.29 is 14.6 Å². The molecule has 0 atom stereocenters. The monoisotopic (exact) mass is 296 g/mol. The van der Waals surface area contributed by atoms with Crippen molar-refractivity contribution in [3.63, 3.8) is 0 Å². The van der Waals surface area contributed by atoms with Gasteiger partial charge in [0.2, 0.25) is 0 Å². The van der Waals surface area contributed by atoms with E-state index in [4.69, 9.17) is 9.84 Å². The molecule has 0 bridgehead atoms. The Balaban J connectivity index is 1.78. The van der Waals surface area contributed by atoms with E-state index in [0.717, 1.165) is 44.8 Å². The molecule has 0 radical (unpaired) electrons. The van der Waals surface area contributed by atoms with Gasteiger partial charge in [0.15, 0.2) is 0 Å². The van der Waals surface area contributed by atoms with Crippen LogP contribution in [0.15, 0.2) is 6.33 Å². The Morgan fingerprint density at radius 1 is 1.48 bits per heavy atom. The van der Waals surface area contributed by atoms with Gasteiger partial charge in [-0.2, -0.15) is 5.10 Å². The Kier molecular flexibility index (Phi) is 5.69. The molecule has 0 aromatic carbocycles. The number of carboxylic acids is 1. The maximum atomic E-state index is 10.5. The predicted molar refractivity (Wildman–Crippen MR) is 76.7 cm³/mol. The van der Waals surface area contributed by atoms with Crippen LogP contribution in [0.5, 0.6) is 0 Å². The summed E-state index contributed by atoms with van der Waals surface area (Å²) in [4.78, 5) is 17.2. The van der Waals surface area contributed by atoms with Gasteiger partial charge in [0.25, 0.3) is 0 Å². The number of likely N-dealkylation sites (tertiary alicyclic amines) is 1. The Labute approximate surface area is 124 Å². The fourth-order valence-electron chi connectivity index (χ4n) is 2.53. The molecular formula is C14H24N4O3. The van der Waals surface area contributed by atoms with Crippen LogP contribution >= 0.6 is 0 Å². The van der Waals surface area contributed by atoms with E-state index in [-0.39, 0.29) is 12.7 Å². The third kappa shape index (κ3) is 5.09. The first-order valence-corrected chi connectivity index (χ1v) is 7.47. The molecule has 7 heteroatoms. The summed E-state index contributed by atoms with van der Waals surface area (Å²) >= 11 is 0. The molecule has 118 valence electrons. The molecule has 1 saturated heterocycles. The Morgan fingerprint density at radius 3 is 2.81 bits per heavy atom. The van der Waals surface area contributed by atoms with Crippen LogP contribution in [-0.2, 0) is 22.6 Å². The van der Waals surface area contributed by atoms with Crippen molar-refractivity contribution in [3.8, 4) is 0 Å². The third-order valence-corrected chi connectivity index (χ3v) is 3.58. The highest BCUT2D eigenvalue weighted by molar-refractivity contribution is 5.68. The number of aliphatic carboxylic acids is 1. The van der Waals surface area contributed by atoms with E-state index in [2.05, 4.69) is 28.8 Å². The lowest BCUT2D eigenvalue weighted by molar-refractivity contribution is -0.145. The maximum absolute atomic E-state index is 10.5. The van der Waals surface area contributed by atoms with Gasteiger partial charge in [0.05, 0.1) is 12.6 Å². The van der Waals surface area contributed by atoms with Crippen molar-refractivity contribution in [1.82, 2.24) is 19.7 Å². The zero-order valence-corrected chi connectivity index (χ0v) is 12.7. The Morgan fingerprint density at radius 2 is 2.19 bits per heavy atom. The third-order valence-electron chi connectivity index (χ3n) is 3.58. The highest BCUT2D eigenvalue weighted by Crippen LogP contribution is 2.15. The number of aromatic nitrogens is 3. The first kappa shape index (κ1) is 15.9. The standard InChI is InChI=1S/C14H24N4O3/c1-11(2)7-18-13(15-10-16-18)8-17-5-3-12(4-6-17)21-9-14(19)20/h10-12H,3-9H2,1-2H3,(H,19,20). The minimum atomic E-state index is -0.904. The first-order chi connectivity index (χ1) is 10.0. The van der Waals surface area contributed by atoms with Crippen molar-refractivity contribution in [2.24, 2.45) is 5.92 Å². The van der Waals surface area contributed by atoms with E-state index in [9.17, 15) is 4.79 Å². The summed E-state index contributed by atoms with van der Waals surface area (Å²) in [6.45, 7) is 7.60. The summed E-state index contributed by atoms with van der Waals surface area (Å²) in [7, 11) is 0. The molecule has 0 saturated carbocycles. The molecule has 1 N–H and O–H groups in total. The average Bonchev–Trinajstić information content (AvgIpc) is 2.84. The molecule has 0 amide bonds. The number of piperidine rings is 1. The Bertz CT molecular complexity index is 453. The summed E-state index contributed by atoms with van der Waals surface area (Å²) in [5.41, 5.74) is 0. The van der Waals surface area contributed by atoms with Gasteiger partial charge in [-0.3, -0.25) is 4.90 Å². The van der Waals surface area contributed by atoms with Crippen LogP contribution in [0.1, 0.15) is 32.5 Å². The highest BCUT2D eigenvalue weighted by Gasteiger charge is 2.21. The van der Waals surface area contributed by atoms with Crippen LogP contribution in [0.4, 0.5) is 0 Å². The van der Waals surface area contributed by atoms with Crippen molar-refractivity contribution in [2.75, 3.05) is 19.7 Å². The molecule has 1 aliphatic rings. The number of nitrogens with zero attached hydrogens (tertiary/aromatic N) is 4. The van der Waals surface area contributed by atoms with E-state index >= 15 is 0 Å². The SMILES string of the molecule is CC(C)Cn1ncnc1CN1CCC(OCC(=O)O)CC1. The summed E-state index contributed by atoms with van der Waals surface area (Å²) in [6.07, 6.45) is 3.41. The number of carbonyl (C=O) groups is 1. The molecule has 2 heterocycles. The van der Waals surface area contributed by atoms with Gasteiger partial charge in [-0.05, 0) is 18.8 Å². The molecule has 7 nitrogen and oxygen atoms in total. The van der Waals surface area contributed by atoms with Crippen LogP contribution in [0, 0.1) is 5.92 Å². The zero-order valence-electron chi connectivity index (χ0n) is 12.7. The van der Waals surface area contributed by atoms with E-state index in [0.29, 0.717) is 5.92 Å². The lowest BCUT2D eigenvalue weighted by atomic mass is 10.1. The lowest BCUT2D eigenvalue weighted by Crippen LogP contribution is -2.37. The number of carboxylic acid groups (broad SMARTS) is 1. The lowest BCUT2D eigenvalue weighted by Gasteiger charge is -2.31. The smallest absolute Gasteiger partial charge is 0.329 e. The van der Waals surface area contributed by atoms with Crippen LogP contribution in [-0.4, -0.2) is 56.5 Å². The van der Waals surface area contributed by atoms with E-state index in [1.165, 1.54) is 0 Å². The van der Waals surface area contributed by atoms with Crippen LogP contribution in [0.25, 0.3) is 0 Å². The van der Waals surface area contributed by atoms with Crippen LogP contribution in [0.2, 0.25) is 0 Å². The predicted octanol–water partition coefficient (Wildman–Crippen LogP) is 1.000. The molecule has 1 aliphatic heterocycles. The molecule has 0 spiro atoms. The summed E-state index contributed by atoms with van der Waals surface area (Å²) in [5.74, 6) is 0.633. The van der Waals surface area contributed by atoms with Gasteiger partial charge in [0, 0.05) is 19.6 Å². The second-order valence-electron chi connectivity index (χ2n) is 5.93. The zero-order chi connectivity index (χ0) is 15.2. The van der Waals surface area contributed by atoms with Gasteiger partial charge in [0.1, 0.15) is 18.8 Å². The van der Waals surface area contributed by atoms with Crippen molar-refractivity contribution >= 4 is 5.97 Å². The second kappa shape index (κ2) is 7.51. The molecule has 2 rings (SSSR count). The maximum Gasteiger partial charge on any atom is 0.329 e. The topological polar surface area (TPSA) is 80.5 Å². The molecule has 21 heavy (non-hydrogen) atoms. The highest BCUT2D eigenvalue weighted by atomic mass is 16.5. The number of rotatable bonds is 7. The average molecular weight is 296 g/mol. The minimum Gasteiger partial charge on any atom is -0.480 e. The summed E-state index contributed by atoms with van der Waals surface area (Å²) < 4.78 is 7.31. The van der Waals surface area contributed by atoms with E-state index in [1.54, 1.807) is 6.33 Å². The van der Waals surface area contributed by atoms with Gasteiger partial charge in [-0.15, -0.1) is 0 Å². The molecule has 0 unspecified atom stereocenters. The first-order valence-electron chi connectivity index (χ1n) is 7.47. The van der Waals surface area contributed by atoms with Crippen molar-refractivity contribution in [3.05, 3.63) is 12.2 Å². The molecule has 1 aromatic rings. The van der Waals surface area contributed by atoms with Crippen LogP contribution in [0.3, 0.4) is 0 Å². The van der Waals surface area contributed by atoms with E-state index in [1.807, 2.05) is 4.68 Å². The summed E-state index contributed by atoms with van der Waals surface area (Å²) in [6, 6.07) is 0. The number of hydrogen-bond donors (Lipinski definition) is 1. The van der Waals surface area contributed by atoms with Crippen molar-refractivity contribution in [2.45, 2.75) is 45.9 Å². The van der Waals surface area contributed by atoms with Gasteiger partial charge >= 0.3 is 5.97 Å². The normalized spacial score (nSPS) is 17.5. The molecule has 1 fully saturated rings. The van der Waals surface area contributed by atoms with E-state index < -0.39 is 5.97 Å². The fraction of sp³-hybridized carbons (Fsp3) is 0.786. The fourth-order valence-corrected chi connectivity index (χ4v) is 2.53. The minimum absolute atomic E-state index is 0.0610. The molecule has 0 aliphatic carbocycles. The number of ether oxygens (including phenoxy) is 1. The molecule has 1 aromatic heterocycles. The largest absolute Gasteiger partial charge is 0.480 e. The van der Waals surface area contributed by atoms with Gasteiger partial charge in [-0.1, -0.05) is 13.8 Å². The van der Waals surface area contributed by atoms with Gasteiger partial charge < -0.3 is 9.84 Å². The second-order valence-corrected chi connectivity index (χ2v) is 5.93. The molecular weight excluding hydrogens is 272 g/mol. The van der Waals surface area contributed by atoms with Crippen LogP contribution < -0.4 is 0 Å².